The molecule has 2 rings (SSSR count). The van der Waals surface area contributed by atoms with Gasteiger partial charge in [0.1, 0.15) is 0 Å². The molecule has 64 valence electrons. The Morgan fingerprint density at radius 3 is 2.92 bits per heavy atom. The maximum atomic E-state index is 6.22. The maximum Gasteiger partial charge on any atom is 0.0536 e. The number of benzene rings is 1. The van der Waals surface area contributed by atoms with Crippen LogP contribution in [-0.4, -0.2) is 11.6 Å². The van der Waals surface area contributed by atoms with Crippen molar-refractivity contribution in [1.29, 1.82) is 0 Å². The second-order valence-electron chi connectivity index (χ2n) is 3.08. The second-order valence-corrected chi connectivity index (χ2v) is 4.62. The molecule has 0 aromatic heterocycles. The molecule has 0 spiro atoms. The number of hydrogen-bond donors (Lipinski definition) is 0. The van der Waals surface area contributed by atoms with E-state index >= 15 is 0 Å². The van der Waals surface area contributed by atoms with Crippen LogP contribution in [-0.2, 0) is 6.42 Å². The van der Waals surface area contributed by atoms with Gasteiger partial charge in [-0.05, 0) is 23.8 Å². The topological polar surface area (TPSA) is 0 Å². The van der Waals surface area contributed by atoms with Gasteiger partial charge in [-0.15, -0.1) is 11.6 Å². The first-order valence-electron chi connectivity index (χ1n) is 4.07. The van der Waals surface area contributed by atoms with E-state index in [0.717, 1.165) is 6.42 Å². The molecule has 1 aliphatic rings. The van der Waals surface area contributed by atoms with Gasteiger partial charge in [-0.3, -0.25) is 0 Å². The van der Waals surface area contributed by atoms with Crippen molar-refractivity contribution in [2.75, 3.05) is 6.26 Å². The van der Waals surface area contributed by atoms with Crippen LogP contribution in [0.2, 0.25) is 0 Å². The van der Waals surface area contributed by atoms with Crippen molar-refractivity contribution in [2.24, 2.45) is 0 Å². The van der Waals surface area contributed by atoms with E-state index in [4.69, 9.17) is 11.6 Å². The van der Waals surface area contributed by atoms with Gasteiger partial charge in [-0.2, -0.15) is 11.8 Å². The Labute approximate surface area is 82.3 Å². The van der Waals surface area contributed by atoms with Gasteiger partial charge < -0.3 is 0 Å². The van der Waals surface area contributed by atoms with Crippen molar-refractivity contribution in [3.05, 3.63) is 35.4 Å². The fourth-order valence-electron chi connectivity index (χ4n) is 1.78. The maximum absolute atomic E-state index is 6.22. The molecule has 0 aliphatic heterocycles. The fraction of sp³-hybridized carbons (Fsp3) is 0.400. The van der Waals surface area contributed by atoms with Gasteiger partial charge in [0, 0.05) is 5.25 Å². The van der Waals surface area contributed by atoms with Gasteiger partial charge in [-0.25, -0.2) is 0 Å². The van der Waals surface area contributed by atoms with Crippen LogP contribution in [0.1, 0.15) is 16.4 Å². The van der Waals surface area contributed by atoms with E-state index in [1.54, 1.807) is 0 Å². The molecule has 0 amide bonds. The Bertz CT molecular complexity index is 285. The smallest absolute Gasteiger partial charge is 0.0536 e. The summed E-state index contributed by atoms with van der Waals surface area (Å²) in [5, 5.41) is 0.792. The molecular weight excluding hydrogens is 188 g/mol. The van der Waals surface area contributed by atoms with Crippen LogP contribution in [0.15, 0.2) is 24.3 Å². The van der Waals surface area contributed by atoms with Gasteiger partial charge in [0.05, 0.1) is 5.38 Å². The minimum Gasteiger partial charge on any atom is -0.156 e. The van der Waals surface area contributed by atoms with Crippen LogP contribution in [0, 0.1) is 0 Å². The molecule has 0 radical (unpaired) electrons. The molecule has 0 N–H and O–H groups in total. The lowest BCUT2D eigenvalue weighted by Crippen LogP contribution is -2.01. The zero-order valence-electron chi connectivity index (χ0n) is 6.96. The molecular formula is C10H11ClS. The summed E-state index contributed by atoms with van der Waals surface area (Å²) in [4.78, 5) is 0. The van der Waals surface area contributed by atoms with Crippen molar-refractivity contribution in [2.45, 2.75) is 17.0 Å². The predicted molar refractivity (Wildman–Crippen MR) is 56.0 cm³/mol. The lowest BCUT2D eigenvalue weighted by molar-refractivity contribution is 0.904. The molecule has 0 bridgehead atoms. The number of rotatable bonds is 1. The summed E-state index contributed by atoms with van der Waals surface area (Å²) in [5.41, 5.74) is 2.86. The normalized spacial score (nSPS) is 27.2. The lowest BCUT2D eigenvalue weighted by Gasteiger charge is -2.10. The molecule has 0 fully saturated rings. The number of alkyl halides is 1. The van der Waals surface area contributed by atoms with Crippen LogP contribution in [0.25, 0.3) is 0 Å². The molecule has 12 heavy (non-hydrogen) atoms. The summed E-state index contributed by atoms with van der Waals surface area (Å²) in [7, 11) is 0. The average Bonchev–Trinajstić information content (AvgIpc) is 2.40. The first kappa shape index (κ1) is 8.46. The van der Waals surface area contributed by atoms with E-state index in [-0.39, 0.29) is 5.38 Å². The van der Waals surface area contributed by atoms with E-state index < -0.39 is 0 Å². The summed E-state index contributed by atoms with van der Waals surface area (Å²) >= 11 is 8.07. The molecule has 0 nitrogen and oxygen atoms in total. The molecule has 2 heteroatoms. The third kappa shape index (κ3) is 1.25. The Hall–Kier alpha value is -0.140. The fourth-order valence-corrected chi connectivity index (χ4v) is 3.27. The van der Waals surface area contributed by atoms with Crippen LogP contribution < -0.4 is 0 Å². The van der Waals surface area contributed by atoms with Crippen molar-refractivity contribution in [3.63, 3.8) is 0 Å². The Morgan fingerprint density at radius 2 is 2.17 bits per heavy atom. The number of fused-ring (bicyclic) bond motifs is 1. The molecule has 0 saturated heterocycles. The van der Waals surface area contributed by atoms with Crippen molar-refractivity contribution >= 4 is 23.4 Å². The van der Waals surface area contributed by atoms with Crippen LogP contribution >= 0.6 is 23.4 Å². The zero-order valence-corrected chi connectivity index (χ0v) is 8.53. The zero-order chi connectivity index (χ0) is 8.55. The second kappa shape index (κ2) is 3.31. The molecule has 1 aromatic rings. The van der Waals surface area contributed by atoms with Gasteiger partial charge in [0.15, 0.2) is 0 Å². The monoisotopic (exact) mass is 198 g/mol. The van der Waals surface area contributed by atoms with E-state index in [9.17, 15) is 0 Å². The molecule has 0 saturated carbocycles. The van der Waals surface area contributed by atoms with E-state index in [1.807, 2.05) is 11.8 Å². The average molecular weight is 199 g/mol. The van der Waals surface area contributed by atoms with E-state index in [2.05, 4.69) is 30.5 Å². The molecule has 0 heterocycles. The highest BCUT2D eigenvalue weighted by Crippen LogP contribution is 2.42. The summed E-state index contributed by atoms with van der Waals surface area (Å²) in [5.74, 6) is 0. The van der Waals surface area contributed by atoms with Crippen molar-refractivity contribution in [3.8, 4) is 0 Å². The highest BCUT2D eigenvalue weighted by Gasteiger charge is 2.29. The summed E-state index contributed by atoms with van der Waals surface area (Å²) in [6, 6.07) is 8.56. The van der Waals surface area contributed by atoms with Gasteiger partial charge in [0.25, 0.3) is 0 Å². The first-order valence-corrected chi connectivity index (χ1v) is 5.80. The van der Waals surface area contributed by atoms with E-state index in [0.29, 0.717) is 5.25 Å². The van der Waals surface area contributed by atoms with E-state index in [1.165, 1.54) is 11.1 Å². The van der Waals surface area contributed by atoms with Gasteiger partial charge in [-0.1, -0.05) is 24.3 Å². The molecule has 1 aromatic carbocycles. The minimum atomic E-state index is 0.289. The number of hydrogen-bond acceptors (Lipinski definition) is 1. The summed E-state index contributed by atoms with van der Waals surface area (Å²) in [6.07, 6.45) is 3.16. The Kier molecular flexibility index (Phi) is 2.33. The molecule has 2 atom stereocenters. The largest absolute Gasteiger partial charge is 0.156 e. The Balaban J connectivity index is 2.40. The molecule has 0 unspecified atom stereocenters. The van der Waals surface area contributed by atoms with Crippen LogP contribution in [0.5, 0.6) is 0 Å². The highest BCUT2D eigenvalue weighted by molar-refractivity contribution is 7.98. The predicted octanol–water partition coefficient (Wildman–Crippen LogP) is 3.25. The summed E-state index contributed by atoms with van der Waals surface area (Å²) in [6.45, 7) is 0. The quantitative estimate of drug-likeness (QED) is 0.625. The van der Waals surface area contributed by atoms with Crippen molar-refractivity contribution < 1.29 is 0 Å². The number of thioether (sulfide) groups is 1. The third-order valence-electron chi connectivity index (χ3n) is 2.36. The third-order valence-corrected chi connectivity index (χ3v) is 4.00. The van der Waals surface area contributed by atoms with Crippen molar-refractivity contribution in [1.82, 2.24) is 0 Å². The Morgan fingerprint density at radius 1 is 1.42 bits per heavy atom. The highest BCUT2D eigenvalue weighted by atomic mass is 35.5. The van der Waals surface area contributed by atoms with Gasteiger partial charge >= 0.3 is 0 Å². The number of halogens is 1. The first-order chi connectivity index (χ1) is 5.83. The molecule has 1 aliphatic carbocycles. The van der Waals surface area contributed by atoms with Gasteiger partial charge in [0.2, 0.25) is 0 Å². The van der Waals surface area contributed by atoms with Crippen LogP contribution in [0.4, 0.5) is 0 Å². The minimum absolute atomic E-state index is 0.289. The SMILES string of the molecule is CS[C@@H]1c2ccccc2C[C@H]1Cl. The lowest BCUT2D eigenvalue weighted by atomic mass is 10.1. The standard InChI is InChI=1S/C10H11ClS/c1-12-10-8-5-3-2-4-7(8)6-9(10)11/h2-5,9-10H,6H2,1H3/t9-,10-/m1/s1. The summed E-state index contributed by atoms with van der Waals surface area (Å²) < 4.78 is 0. The van der Waals surface area contributed by atoms with Crippen LogP contribution in [0.3, 0.4) is 0 Å².